The van der Waals surface area contributed by atoms with Crippen LogP contribution in [0.15, 0.2) is 98.2 Å². The van der Waals surface area contributed by atoms with Crippen LogP contribution in [0.25, 0.3) is 0 Å². The standard InChI is InChI=1S/C26H25ClN6O3S/c1-17-8-14-22(15-9-17)37(35,36)32-26(30-25(28)29-18(2)34)33-16-23(19-6-4-3-5-7-19)24(31-33)20-10-12-21(27)13-11-20/h3-15,23H,16H2,1-2H3,(H3,28,29,30,32,34)/t23-/m1/s1. The predicted octanol–water partition coefficient (Wildman–Crippen LogP) is 3.65. The number of rotatable bonds is 4. The molecule has 0 fully saturated rings. The second-order valence-electron chi connectivity index (χ2n) is 8.40. The van der Waals surface area contributed by atoms with E-state index in [1.807, 2.05) is 49.4 Å². The van der Waals surface area contributed by atoms with Crippen LogP contribution in [-0.4, -0.2) is 43.5 Å². The first-order chi connectivity index (χ1) is 17.6. The molecule has 0 aromatic heterocycles. The van der Waals surface area contributed by atoms with Gasteiger partial charge in [-0.2, -0.15) is 18.5 Å². The number of aliphatic imine (C=N–C) groups is 1. The molecule has 3 aromatic rings. The zero-order chi connectivity index (χ0) is 26.6. The van der Waals surface area contributed by atoms with E-state index < -0.39 is 15.9 Å². The van der Waals surface area contributed by atoms with Gasteiger partial charge in [0.15, 0.2) is 0 Å². The van der Waals surface area contributed by atoms with Gasteiger partial charge >= 0.3 is 0 Å². The van der Waals surface area contributed by atoms with Crippen molar-refractivity contribution in [1.29, 1.82) is 0 Å². The van der Waals surface area contributed by atoms with E-state index in [9.17, 15) is 13.2 Å². The fourth-order valence-electron chi connectivity index (χ4n) is 3.77. The maximum absolute atomic E-state index is 13.2. The fraction of sp³-hybridized carbons (Fsp3) is 0.154. The Labute approximate surface area is 220 Å². The number of benzene rings is 3. The number of nitrogens with two attached hydrogens (primary N) is 1. The number of hydrogen-bond acceptors (Lipinski definition) is 4. The van der Waals surface area contributed by atoms with Gasteiger partial charge < -0.3 is 5.73 Å². The number of aryl methyl sites for hydroxylation is 1. The monoisotopic (exact) mass is 536 g/mol. The molecule has 37 heavy (non-hydrogen) atoms. The van der Waals surface area contributed by atoms with Crippen LogP contribution in [-0.2, 0) is 14.8 Å². The Morgan fingerprint density at radius 2 is 1.70 bits per heavy atom. The number of sulfonamides is 1. The lowest BCUT2D eigenvalue weighted by molar-refractivity contribution is -0.117. The first-order valence-corrected chi connectivity index (χ1v) is 13.1. The molecule has 9 nitrogen and oxygen atoms in total. The molecule has 1 atom stereocenters. The highest BCUT2D eigenvalue weighted by molar-refractivity contribution is 7.90. The number of halogens is 1. The lowest BCUT2D eigenvalue weighted by atomic mass is 9.91. The van der Waals surface area contributed by atoms with E-state index in [0.29, 0.717) is 10.7 Å². The van der Waals surface area contributed by atoms with E-state index in [2.05, 4.69) is 14.7 Å². The normalized spacial score (nSPS) is 16.5. The SMILES string of the molecule is CC(=O)NC(N)=NC(=NS(=O)(=O)c1ccc(C)cc1)N1C[C@H](c2ccccc2)C(c2ccc(Cl)cc2)=N1. The molecule has 1 aliphatic rings. The Morgan fingerprint density at radius 1 is 1.05 bits per heavy atom. The molecule has 3 aromatic carbocycles. The van der Waals surface area contributed by atoms with Crippen LogP contribution in [0, 0.1) is 6.92 Å². The highest BCUT2D eigenvalue weighted by Crippen LogP contribution is 2.30. The van der Waals surface area contributed by atoms with Crippen molar-refractivity contribution in [3.63, 3.8) is 0 Å². The molecule has 0 saturated heterocycles. The summed E-state index contributed by atoms with van der Waals surface area (Å²) < 4.78 is 30.3. The molecule has 0 unspecified atom stereocenters. The molecule has 4 rings (SSSR count). The molecule has 3 N–H and O–H groups in total. The molecule has 0 aliphatic carbocycles. The summed E-state index contributed by atoms with van der Waals surface area (Å²) in [6, 6.07) is 23.2. The van der Waals surface area contributed by atoms with Gasteiger partial charge in [0.25, 0.3) is 16.0 Å². The van der Waals surface area contributed by atoms with Crippen LogP contribution in [0.5, 0.6) is 0 Å². The van der Waals surface area contributed by atoms with Crippen LogP contribution in [0.4, 0.5) is 0 Å². The van der Waals surface area contributed by atoms with Gasteiger partial charge in [0.2, 0.25) is 11.9 Å². The Balaban J connectivity index is 1.83. The quantitative estimate of drug-likeness (QED) is 0.388. The minimum Gasteiger partial charge on any atom is -0.369 e. The number of carbonyl (C=O) groups is 1. The third-order valence-corrected chi connectivity index (χ3v) is 7.06. The topological polar surface area (TPSA) is 130 Å². The summed E-state index contributed by atoms with van der Waals surface area (Å²) >= 11 is 6.09. The second-order valence-corrected chi connectivity index (χ2v) is 10.4. The molecule has 0 spiro atoms. The molecule has 0 radical (unpaired) electrons. The van der Waals surface area contributed by atoms with Crippen LogP contribution in [0.2, 0.25) is 5.02 Å². The highest BCUT2D eigenvalue weighted by atomic mass is 35.5. The Bertz CT molecular complexity index is 1490. The van der Waals surface area contributed by atoms with Crippen molar-refractivity contribution in [3.05, 3.63) is 101 Å². The van der Waals surface area contributed by atoms with E-state index in [1.54, 1.807) is 24.3 Å². The van der Waals surface area contributed by atoms with Gasteiger partial charge in [-0.3, -0.25) is 10.1 Å². The molecule has 0 saturated carbocycles. The van der Waals surface area contributed by atoms with Crippen molar-refractivity contribution < 1.29 is 13.2 Å². The third kappa shape index (κ3) is 6.41. The van der Waals surface area contributed by atoms with Crippen molar-refractivity contribution in [2.75, 3.05) is 6.54 Å². The minimum absolute atomic E-state index is 0.00962. The summed E-state index contributed by atoms with van der Waals surface area (Å²) in [6.45, 7) is 3.35. The van der Waals surface area contributed by atoms with Gasteiger partial charge in [0.05, 0.1) is 17.2 Å². The fourth-order valence-corrected chi connectivity index (χ4v) is 4.83. The zero-order valence-corrected chi connectivity index (χ0v) is 21.7. The summed E-state index contributed by atoms with van der Waals surface area (Å²) in [4.78, 5) is 15.6. The van der Waals surface area contributed by atoms with Gasteiger partial charge in [-0.15, -0.1) is 4.40 Å². The Morgan fingerprint density at radius 3 is 2.32 bits per heavy atom. The van der Waals surface area contributed by atoms with Crippen molar-refractivity contribution in [2.24, 2.45) is 20.2 Å². The third-order valence-electron chi connectivity index (χ3n) is 5.53. The number of nitrogens with one attached hydrogen (secondary N) is 1. The maximum Gasteiger partial charge on any atom is 0.285 e. The summed E-state index contributed by atoms with van der Waals surface area (Å²) in [5, 5.41) is 9.01. The Hall–Kier alpha value is -4.02. The van der Waals surface area contributed by atoms with Gasteiger partial charge in [-0.25, -0.2) is 5.01 Å². The van der Waals surface area contributed by atoms with Crippen molar-refractivity contribution in [2.45, 2.75) is 24.7 Å². The van der Waals surface area contributed by atoms with Gasteiger partial charge in [0.1, 0.15) is 0 Å². The van der Waals surface area contributed by atoms with Gasteiger partial charge in [-0.05, 0) is 42.3 Å². The van der Waals surface area contributed by atoms with E-state index >= 15 is 0 Å². The average molecular weight is 537 g/mol. The maximum atomic E-state index is 13.2. The summed E-state index contributed by atoms with van der Waals surface area (Å²) in [5.74, 6) is -1.28. The zero-order valence-electron chi connectivity index (χ0n) is 20.2. The lowest BCUT2D eigenvalue weighted by Gasteiger charge is -2.16. The molecule has 0 bridgehead atoms. The Kier molecular flexibility index (Phi) is 7.70. The van der Waals surface area contributed by atoms with Crippen LogP contribution in [0.1, 0.15) is 29.5 Å². The summed E-state index contributed by atoms with van der Waals surface area (Å²) in [6.07, 6.45) is 0. The number of guanidine groups is 2. The van der Waals surface area contributed by atoms with Crippen molar-refractivity contribution in [1.82, 2.24) is 10.3 Å². The molecule has 190 valence electrons. The highest BCUT2D eigenvalue weighted by Gasteiger charge is 2.32. The molecule has 1 amide bonds. The summed E-state index contributed by atoms with van der Waals surface area (Å²) in [7, 11) is -4.17. The molecular weight excluding hydrogens is 512 g/mol. The smallest absolute Gasteiger partial charge is 0.285 e. The number of hydrogen-bond donors (Lipinski definition) is 2. The van der Waals surface area contributed by atoms with Crippen molar-refractivity contribution >= 4 is 45.2 Å². The lowest BCUT2D eigenvalue weighted by Crippen LogP contribution is -2.37. The van der Waals surface area contributed by atoms with E-state index in [4.69, 9.17) is 22.4 Å². The number of amides is 1. The molecule has 1 aliphatic heterocycles. The van der Waals surface area contributed by atoms with Gasteiger partial charge in [-0.1, -0.05) is 71.8 Å². The van der Waals surface area contributed by atoms with Crippen LogP contribution >= 0.6 is 11.6 Å². The number of carbonyl (C=O) groups excluding carboxylic acids is 1. The van der Waals surface area contributed by atoms with Crippen molar-refractivity contribution in [3.8, 4) is 0 Å². The van der Waals surface area contributed by atoms with E-state index in [0.717, 1.165) is 16.7 Å². The van der Waals surface area contributed by atoms with E-state index in [1.165, 1.54) is 24.1 Å². The molecule has 1 heterocycles. The average Bonchev–Trinajstić information content (AvgIpc) is 3.30. The minimum atomic E-state index is -4.17. The molecular formula is C26H25ClN6O3S. The van der Waals surface area contributed by atoms with Gasteiger partial charge in [0, 0.05) is 17.9 Å². The molecule has 11 heteroatoms. The first-order valence-electron chi connectivity index (χ1n) is 11.3. The first kappa shape index (κ1) is 26.1. The number of nitrogens with zero attached hydrogens (tertiary/aromatic N) is 4. The second kappa shape index (κ2) is 10.9. The van der Waals surface area contributed by atoms with Crippen LogP contribution in [0.3, 0.4) is 0 Å². The summed E-state index contributed by atoms with van der Waals surface area (Å²) in [5.41, 5.74) is 9.24. The van der Waals surface area contributed by atoms with E-state index in [-0.39, 0.29) is 29.3 Å². The largest absolute Gasteiger partial charge is 0.369 e. The van der Waals surface area contributed by atoms with Crippen LogP contribution < -0.4 is 11.1 Å². The predicted molar refractivity (Wildman–Crippen MR) is 145 cm³/mol. The number of hydrazone groups is 1.